The zero-order valence-electron chi connectivity index (χ0n) is 11.2. The number of hydrogen-bond donors (Lipinski definition) is 1. The smallest absolute Gasteiger partial charge is 0.222 e. The van der Waals surface area contributed by atoms with Crippen molar-refractivity contribution in [2.45, 2.75) is 26.3 Å². The van der Waals surface area contributed by atoms with Crippen LogP contribution in [0.25, 0.3) is 0 Å². The summed E-state index contributed by atoms with van der Waals surface area (Å²) in [4.78, 5) is 11.7. The predicted molar refractivity (Wildman–Crippen MR) is 70.7 cm³/mol. The Morgan fingerprint density at radius 1 is 1.39 bits per heavy atom. The molecule has 4 nitrogen and oxygen atoms in total. The molecule has 1 aromatic rings. The average Bonchev–Trinajstić information content (AvgIpc) is 2.39. The van der Waals surface area contributed by atoms with Crippen LogP contribution in [-0.4, -0.2) is 26.2 Å². The zero-order chi connectivity index (χ0) is 13.4. The highest BCUT2D eigenvalue weighted by atomic mass is 16.5. The highest BCUT2D eigenvalue weighted by Crippen LogP contribution is 2.24. The minimum Gasteiger partial charge on any atom is -0.496 e. The van der Waals surface area contributed by atoms with Crippen molar-refractivity contribution in [3.8, 4) is 5.75 Å². The van der Waals surface area contributed by atoms with Gasteiger partial charge in [0, 0.05) is 18.6 Å². The maximum atomic E-state index is 11.7. The highest BCUT2D eigenvalue weighted by molar-refractivity contribution is 5.76. The van der Waals surface area contributed by atoms with Crippen molar-refractivity contribution in [3.63, 3.8) is 0 Å². The Labute approximate surface area is 108 Å². The van der Waals surface area contributed by atoms with Gasteiger partial charge >= 0.3 is 0 Å². The molecule has 18 heavy (non-hydrogen) atoms. The standard InChI is InChI=1S/C14H21NO3/c1-4-18-10-9-14(16)15-11(2)12-7-5-6-8-13(12)17-3/h5-8,11H,4,9-10H2,1-3H3,(H,15,16)/t11-/m1/s1. The summed E-state index contributed by atoms with van der Waals surface area (Å²) in [5, 5.41) is 2.93. The minimum atomic E-state index is -0.0738. The molecular weight excluding hydrogens is 230 g/mol. The molecule has 0 bridgehead atoms. The quantitative estimate of drug-likeness (QED) is 0.756. The van der Waals surface area contributed by atoms with Gasteiger partial charge in [-0.1, -0.05) is 18.2 Å². The second-order valence-electron chi connectivity index (χ2n) is 3.98. The first-order chi connectivity index (χ1) is 8.69. The van der Waals surface area contributed by atoms with Gasteiger partial charge in [-0.05, 0) is 19.9 Å². The van der Waals surface area contributed by atoms with Crippen molar-refractivity contribution < 1.29 is 14.3 Å². The number of para-hydroxylation sites is 1. The molecule has 0 spiro atoms. The molecule has 0 aliphatic rings. The summed E-state index contributed by atoms with van der Waals surface area (Å²) in [6, 6.07) is 7.60. The third-order valence-electron chi connectivity index (χ3n) is 2.66. The van der Waals surface area contributed by atoms with Gasteiger partial charge in [-0.25, -0.2) is 0 Å². The van der Waals surface area contributed by atoms with E-state index >= 15 is 0 Å². The molecule has 0 aromatic heterocycles. The van der Waals surface area contributed by atoms with Gasteiger partial charge in [0.2, 0.25) is 5.91 Å². The molecule has 0 aliphatic heterocycles. The van der Waals surface area contributed by atoms with Crippen LogP contribution in [0, 0.1) is 0 Å². The first-order valence-corrected chi connectivity index (χ1v) is 6.19. The number of nitrogens with one attached hydrogen (secondary N) is 1. The van der Waals surface area contributed by atoms with Crippen molar-refractivity contribution >= 4 is 5.91 Å². The van der Waals surface area contributed by atoms with Crippen molar-refractivity contribution in [2.24, 2.45) is 0 Å². The summed E-state index contributed by atoms with van der Waals surface area (Å²) in [5.74, 6) is 0.775. The fourth-order valence-electron chi connectivity index (χ4n) is 1.72. The lowest BCUT2D eigenvalue weighted by atomic mass is 10.1. The van der Waals surface area contributed by atoms with E-state index in [1.54, 1.807) is 7.11 Å². The summed E-state index contributed by atoms with van der Waals surface area (Å²) < 4.78 is 10.4. The molecule has 0 saturated heterocycles. The lowest BCUT2D eigenvalue weighted by Gasteiger charge is -2.17. The largest absolute Gasteiger partial charge is 0.496 e. The second-order valence-corrected chi connectivity index (χ2v) is 3.98. The Balaban J connectivity index is 2.53. The van der Waals surface area contributed by atoms with Gasteiger partial charge in [0.25, 0.3) is 0 Å². The van der Waals surface area contributed by atoms with Gasteiger partial charge in [-0.3, -0.25) is 4.79 Å². The molecule has 100 valence electrons. The van der Waals surface area contributed by atoms with Gasteiger partial charge in [0.05, 0.1) is 19.8 Å². The monoisotopic (exact) mass is 251 g/mol. The summed E-state index contributed by atoms with van der Waals surface area (Å²) >= 11 is 0. The molecule has 0 radical (unpaired) electrons. The highest BCUT2D eigenvalue weighted by Gasteiger charge is 2.13. The second kappa shape index (κ2) is 7.71. The molecule has 1 amide bonds. The number of carbonyl (C=O) groups is 1. The lowest BCUT2D eigenvalue weighted by molar-refractivity contribution is -0.122. The van der Waals surface area contributed by atoms with Crippen LogP contribution in [-0.2, 0) is 9.53 Å². The Hall–Kier alpha value is -1.55. The van der Waals surface area contributed by atoms with Gasteiger partial charge in [-0.2, -0.15) is 0 Å². The lowest BCUT2D eigenvalue weighted by Crippen LogP contribution is -2.27. The number of hydrogen-bond acceptors (Lipinski definition) is 3. The Morgan fingerprint density at radius 2 is 2.11 bits per heavy atom. The van der Waals surface area contributed by atoms with Crippen LogP contribution in [0.15, 0.2) is 24.3 Å². The van der Waals surface area contributed by atoms with E-state index in [0.717, 1.165) is 11.3 Å². The molecule has 0 aliphatic carbocycles. The Kier molecular flexibility index (Phi) is 6.22. The number of amides is 1. The SMILES string of the molecule is CCOCCC(=O)N[C@H](C)c1ccccc1OC. The fourth-order valence-corrected chi connectivity index (χ4v) is 1.72. The van der Waals surface area contributed by atoms with Gasteiger partial charge in [0.1, 0.15) is 5.75 Å². The number of ether oxygens (including phenoxy) is 2. The van der Waals surface area contributed by atoms with Crippen LogP contribution in [0.1, 0.15) is 31.9 Å². The molecule has 1 aromatic carbocycles. The summed E-state index contributed by atoms with van der Waals surface area (Å²) in [6.45, 7) is 4.95. The van der Waals surface area contributed by atoms with Gasteiger partial charge in [0.15, 0.2) is 0 Å². The van der Waals surface area contributed by atoms with Gasteiger partial charge < -0.3 is 14.8 Å². The van der Waals surface area contributed by atoms with Crippen molar-refractivity contribution in [2.75, 3.05) is 20.3 Å². The molecule has 0 heterocycles. The van der Waals surface area contributed by atoms with Gasteiger partial charge in [-0.15, -0.1) is 0 Å². The number of methoxy groups -OCH3 is 1. The topological polar surface area (TPSA) is 47.6 Å². The van der Waals surface area contributed by atoms with Crippen LogP contribution in [0.3, 0.4) is 0 Å². The van der Waals surface area contributed by atoms with Crippen LogP contribution in [0.5, 0.6) is 5.75 Å². The van der Waals surface area contributed by atoms with E-state index in [9.17, 15) is 4.79 Å². The molecule has 1 atom stereocenters. The van der Waals surface area contributed by atoms with Crippen molar-refractivity contribution in [3.05, 3.63) is 29.8 Å². The minimum absolute atomic E-state index is 0.0122. The molecule has 1 N–H and O–H groups in total. The molecule has 0 unspecified atom stereocenters. The average molecular weight is 251 g/mol. The van der Waals surface area contributed by atoms with E-state index in [1.807, 2.05) is 38.1 Å². The Bertz CT molecular complexity index is 379. The van der Waals surface area contributed by atoms with Crippen molar-refractivity contribution in [1.82, 2.24) is 5.32 Å². The van der Waals surface area contributed by atoms with E-state index in [0.29, 0.717) is 19.6 Å². The normalized spacial score (nSPS) is 11.9. The molecule has 0 fully saturated rings. The number of rotatable bonds is 7. The van der Waals surface area contributed by atoms with Crippen molar-refractivity contribution in [1.29, 1.82) is 0 Å². The Morgan fingerprint density at radius 3 is 2.78 bits per heavy atom. The van der Waals surface area contributed by atoms with E-state index in [1.165, 1.54) is 0 Å². The third kappa shape index (κ3) is 4.37. The number of carbonyl (C=O) groups excluding carboxylic acids is 1. The first kappa shape index (κ1) is 14.5. The van der Waals surface area contributed by atoms with E-state index in [2.05, 4.69) is 5.32 Å². The van der Waals surface area contributed by atoms with Crippen LogP contribution < -0.4 is 10.1 Å². The van der Waals surface area contributed by atoms with E-state index in [-0.39, 0.29) is 11.9 Å². The summed E-state index contributed by atoms with van der Waals surface area (Å²) in [6.07, 6.45) is 0.382. The molecular formula is C14H21NO3. The van der Waals surface area contributed by atoms with Crippen LogP contribution in [0.4, 0.5) is 0 Å². The zero-order valence-corrected chi connectivity index (χ0v) is 11.2. The maximum Gasteiger partial charge on any atom is 0.222 e. The summed E-state index contributed by atoms with van der Waals surface area (Å²) in [7, 11) is 1.63. The fraction of sp³-hybridized carbons (Fsp3) is 0.500. The molecule has 1 rings (SSSR count). The predicted octanol–water partition coefficient (Wildman–Crippen LogP) is 2.30. The molecule has 4 heteroatoms. The van der Waals surface area contributed by atoms with Crippen LogP contribution >= 0.6 is 0 Å². The van der Waals surface area contributed by atoms with E-state index < -0.39 is 0 Å². The first-order valence-electron chi connectivity index (χ1n) is 6.19. The van der Waals surface area contributed by atoms with Crippen LogP contribution in [0.2, 0.25) is 0 Å². The van der Waals surface area contributed by atoms with E-state index in [4.69, 9.17) is 9.47 Å². The molecule has 0 saturated carbocycles. The summed E-state index contributed by atoms with van der Waals surface area (Å²) in [5.41, 5.74) is 0.977. The number of benzene rings is 1. The third-order valence-corrected chi connectivity index (χ3v) is 2.66. The maximum absolute atomic E-state index is 11.7.